The highest BCUT2D eigenvalue weighted by atomic mass is 32.2. The number of carbonyl (C=O) groups excluding carboxylic acids is 2. The van der Waals surface area contributed by atoms with Gasteiger partial charge in [-0.3, -0.25) is 9.59 Å². The number of anilines is 1. The number of alkyl halides is 2. The van der Waals surface area contributed by atoms with Crippen molar-refractivity contribution in [3.05, 3.63) is 24.3 Å². The zero-order valence-electron chi connectivity index (χ0n) is 23.1. The number of hydrazine groups is 1. The third kappa shape index (κ3) is 6.22. The van der Waals surface area contributed by atoms with Gasteiger partial charge in [-0.25, -0.2) is 23.6 Å². The highest BCUT2D eigenvalue weighted by molar-refractivity contribution is 7.89. The van der Waals surface area contributed by atoms with E-state index in [1.807, 2.05) is 5.01 Å². The van der Waals surface area contributed by atoms with E-state index in [2.05, 4.69) is 26.9 Å². The number of piperidine rings is 2. The summed E-state index contributed by atoms with van der Waals surface area (Å²) in [7, 11) is -3.72. The number of fused-ring (bicyclic) bond motifs is 1. The fourth-order valence-corrected chi connectivity index (χ4v) is 7.26. The molecule has 11 nitrogen and oxygen atoms in total. The van der Waals surface area contributed by atoms with Gasteiger partial charge in [-0.1, -0.05) is 0 Å². The molecule has 0 saturated carbocycles. The van der Waals surface area contributed by atoms with E-state index in [4.69, 9.17) is 0 Å². The molecule has 3 unspecified atom stereocenters. The average Bonchev–Trinajstić information content (AvgIpc) is 3.23. The van der Waals surface area contributed by atoms with Gasteiger partial charge < -0.3 is 15.5 Å². The van der Waals surface area contributed by atoms with Crippen molar-refractivity contribution in [1.29, 1.82) is 5.26 Å². The highest BCUT2D eigenvalue weighted by Crippen LogP contribution is 2.40. The van der Waals surface area contributed by atoms with Gasteiger partial charge in [0, 0.05) is 43.8 Å². The first kappa shape index (κ1) is 30.1. The van der Waals surface area contributed by atoms with Gasteiger partial charge >= 0.3 is 5.92 Å². The lowest BCUT2D eigenvalue weighted by molar-refractivity contribution is -0.158. The van der Waals surface area contributed by atoms with E-state index in [0.717, 1.165) is 4.90 Å². The third-order valence-corrected chi connectivity index (χ3v) is 9.40. The van der Waals surface area contributed by atoms with Crippen LogP contribution in [0.2, 0.25) is 0 Å². The van der Waals surface area contributed by atoms with Crippen LogP contribution in [0, 0.1) is 17.2 Å². The van der Waals surface area contributed by atoms with E-state index in [9.17, 15) is 32.0 Å². The van der Waals surface area contributed by atoms with Crippen LogP contribution >= 0.6 is 0 Å². The minimum Gasteiger partial charge on any atom is -0.368 e. The van der Waals surface area contributed by atoms with Gasteiger partial charge in [0.1, 0.15) is 6.17 Å². The monoisotopic (exact) mass is 581 g/mol. The first-order chi connectivity index (χ1) is 18.6. The summed E-state index contributed by atoms with van der Waals surface area (Å²) in [6, 6.07) is 8.15. The van der Waals surface area contributed by atoms with Gasteiger partial charge in [-0.05, 0) is 64.3 Å². The van der Waals surface area contributed by atoms with Crippen molar-refractivity contribution in [2.75, 3.05) is 25.0 Å². The number of nitrogens with one attached hydrogen (secondary N) is 4. The van der Waals surface area contributed by atoms with Gasteiger partial charge in [0.15, 0.2) is 0 Å². The zero-order valence-corrected chi connectivity index (χ0v) is 23.9. The lowest BCUT2D eigenvalue weighted by Crippen LogP contribution is -2.63. The second-order valence-electron chi connectivity index (χ2n) is 11.9. The number of likely N-dealkylation sites (tertiary alicyclic amines) is 1. The molecule has 3 fully saturated rings. The number of carbonyl (C=O) groups is 2. The fourth-order valence-electron chi connectivity index (χ4n) is 5.84. The quantitative estimate of drug-likeness (QED) is 0.381. The Hall–Kier alpha value is -2.86. The molecule has 220 valence electrons. The van der Waals surface area contributed by atoms with E-state index >= 15 is 0 Å². The number of nitriles is 1. The molecular weight excluding hydrogens is 544 g/mol. The summed E-state index contributed by atoms with van der Waals surface area (Å²) in [6.45, 7) is 6.44. The Morgan fingerprint density at radius 3 is 2.35 bits per heavy atom. The maximum atomic E-state index is 13.7. The molecule has 0 aromatic heterocycles. The highest BCUT2D eigenvalue weighted by Gasteiger charge is 2.55. The molecule has 3 heterocycles. The molecule has 3 saturated heterocycles. The first-order valence-corrected chi connectivity index (χ1v) is 14.8. The second-order valence-corrected chi connectivity index (χ2v) is 13.6. The molecule has 1 aromatic rings. The van der Waals surface area contributed by atoms with Crippen LogP contribution in [0.5, 0.6) is 0 Å². The minimum atomic E-state index is -3.72. The predicted octanol–water partition coefficient (Wildman–Crippen LogP) is 1.76. The number of amides is 2. The molecule has 0 radical (unpaired) electrons. The van der Waals surface area contributed by atoms with Gasteiger partial charge in [0.2, 0.25) is 15.9 Å². The summed E-state index contributed by atoms with van der Waals surface area (Å²) >= 11 is 0. The van der Waals surface area contributed by atoms with Crippen molar-refractivity contribution in [2.45, 2.75) is 87.5 Å². The van der Waals surface area contributed by atoms with Crippen LogP contribution in [-0.2, 0) is 19.6 Å². The van der Waals surface area contributed by atoms with E-state index in [1.165, 1.54) is 12.1 Å². The minimum absolute atomic E-state index is 0.0718. The number of sulfonamides is 1. The second kappa shape index (κ2) is 10.8. The Morgan fingerprint density at radius 2 is 1.80 bits per heavy atom. The van der Waals surface area contributed by atoms with Crippen LogP contribution in [0.15, 0.2) is 29.2 Å². The maximum Gasteiger partial charge on any atom is 0.322 e. The number of halogens is 2. The van der Waals surface area contributed by atoms with Crippen molar-refractivity contribution in [3.8, 4) is 6.07 Å². The van der Waals surface area contributed by atoms with Crippen LogP contribution < -0.4 is 20.8 Å². The number of nitrogens with zero attached hydrogens (tertiary/aromatic N) is 3. The topological polar surface area (TPSA) is 147 Å². The number of hydrogen-bond acceptors (Lipinski definition) is 8. The summed E-state index contributed by atoms with van der Waals surface area (Å²) in [6.07, 6.45) is 0.714. The third-order valence-electron chi connectivity index (χ3n) is 7.63. The van der Waals surface area contributed by atoms with Crippen molar-refractivity contribution >= 4 is 27.5 Å². The summed E-state index contributed by atoms with van der Waals surface area (Å²) in [5, 5.41) is 17.8. The molecule has 2 amide bonds. The molecule has 3 aliphatic heterocycles. The van der Waals surface area contributed by atoms with Crippen LogP contribution in [0.25, 0.3) is 0 Å². The lowest BCUT2D eigenvalue weighted by Gasteiger charge is -2.49. The van der Waals surface area contributed by atoms with Crippen molar-refractivity contribution < 1.29 is 26.8 Å². The molecule has 4 rings (SSSR count). The first-order valence-electron chi connectivity index (χ1n) is 13.3. The van der Waals surface area contributed by atoms with E-state index in [1.54, 1.807) is 32.9 Å². The standard InChI is InChI=1S/C26H37F2N7O4S/c1-24(2,3)33-40(38,39)18-7-5-17(6-8-18)31-21-20-19(9-14-30-22(20)36)35(32-21)26(10-13-29)11-15-34(16-12-26)23(37)25(4,27)28/h5-8,19-21,31-33H,9-12,14-16H2,1-4H3,(H,30,36). The number of hydrogen-bond donors (Lipinski definition) is 4. The van der Waals surface area contributed by atoms with Gasteiger partial charge in [0.05, 0.1) is 28.8 Å². The average molecular weight is 582 g/mol. The van der Waals surface area contributed by atoms with Crippen molar-refractivity contribution in [1.82, 2.24) is 25.4 Å². The summed E-state index contributed by atoms with van der Waals surface area (Å²) in [5.74, 6) is -5.40. The number of benzene rings is 1. The Morgan fingerprint density at radius 1 is 1.18 bits per heavy atom. The van der Waals surface area contributed by atoms with Gasteiger partial charge in [-0.15, -0.1) is 0 Å². The smallest absolute Gasteiger partial charge is 0.322 e. The molecule has 40 heavy (non-hydrogen) atoms. The predicted molar refractivity (Wildman–Crippen MR) is 143 cm³/mol. The normalized spacial score (nSPS) is 25.6. The summed E-state index contributed by atoms with van der Waals surface area (Å²) in [4.78, 5) is 26.4. The largest absolute Gasteiger partial charge is 0.368 e. The molecule has 1 aromatic carbocycles. The van der Waals surface area contributed by atoms with Crippen molar-refractivity contribution in [3.63, 3.8) is 0 Å². The molecule has 14 heteroatoms. The lowest BCUT2D eigenvalue weighted by atomic mass is 9.81. The van der Waals surface area contributed by atoms with Crippen molar-refractivity contribution in [2.24, 2.45) is 5.92 Å². The van der Waals surface area contributed by atoms with Crippen LogP contribution in [0.4, 0.5) is 14.5 Å². The fraction of sp³-hybridized carbons (Fsp3) is 0.654. The maximum absolute atomic E-state index is 13.7. The van der Waals surface area contributed by atoms with E-state index < -0.39 is 45.0 Å². The van der Waals surface area contributed by atoms with Crippen LogP contribution in [0.1, 0.15) is 53.4 Å². The Labute approximate surface area is 233 Å². The molecule has 0 bridgehead atoms. The van der Waals surface area contributed by atoms with E-state index in [0.29, 0.717) is 38.4 Å². The Balaban J connectivity index is 1.55. The Bertz CT molecular complexity index is 1260. The molecule has 0 aliphatic carbocycles. The van der Waals surface area contributed by atoms with E-state index in [-0.39, 0.29) is 36.4 Å². The number of rotatable bonds is 7. The van der Waals surface area contributed by atoms with Crippen LogP contribution in [0.3, 0.4) is 0 Å². The van der Waals surface area contributed by atoms with Gasteiger partial charge in [-0.2, -0.15) is 14.0 Å². The zero-order chi connectivity index (χ0) is 29.5. The molecule has 3 atom stereocenters. The van der Waals surface area contributed by atoms with Crippen LogP contribution in [-0.4, -0.2) is 79.0 Å². The van der Waals surface area contributed by atoms with Gasteiger partial charge in [0.25, 0.3) is 5.91 Å². The molecular formula is C26H37F2N7O4S. The Kier molecular flexibility index (Phi) is 8.16. The molecule has 0 spiro atoms. The SMILES string of the molecule is CC(C)(C)NS(=O)(=O)c1ccc(NC2NN(C3(CC#N)CCN(C(=O)C(C)(F)F)CC3)C3CCNC(=O)C23)cc1. The molecule has 3 aliphatic rings. The molecule has 4 N–H and O–H groups in total. The summed E-state index contributed by atoms with van der Waals surface area (Å²) < 4.78 is 55.3. The summed E-state index contributed by atoms with van der Waals surface area (Å²) in [5.41, 5.74) is 2.57.